The summed E-state index contributed by atoms with van der Waals surface area (Å²) in [5.41, 5.74) is 1.04. The van der Waals surface area contributed by atoms with Crippen molar-refractivity contribution < 1.29 is 14.4 Å². The summed E-state index contributed by atoms with van der Waals surface area (Å²) in [5.74, 6) is 0. The Kier molecular flexibility index (Phi) is 4.23. The summed E-state index contributed by atoms with van der Waals surface area (Å²) in [6.45, 7) is 12.1. The third-order valence-electron chi connectivity index (χ3n) is 5.52. The lowest BCUT2D eigenvalue weighted by Gasteiger charge is -2.32. The van der Waals surface area contributed by atoms with Gasteiger partial charge in [-0.25, -0.2) is 4.68 Å². The van der Waals surface area contributed by atoms with Crippen molar-refractivity contribution in [1.82, 2.24) is 19.6 Å². The Labute approximate surface area is 165 Å². The van der Waals surface area contributed by atoms with Gasteiger partial charge in [-0.1, -0.05) is 12.1 Å². The van der Waals surface area contributed by atoms with E-state index < -0.39 is 23.9 Å². The van der Waals surface area contributed by atoms with E-state index in [1.807, 2.05) is 58.3 Å². The van der Waals surface area contributed by atoms with Crippen molar-refractivity contribution in [2.75, 3.05) is 0 Å². The highest BCUT2D eigenvalue weighted by atomic mass is 16.7. The fraction of sp³-hybridized carbons (Fsp3) is 0.500. The number of rotatable bonds is 4. The van der Waals surface area contributed by atoms with Gasteiger partial charge in [-0.2, -0.15) is 10.2 Å². The first kappa shape index (κ1) is 19.2. The second kappa shape index (κ2) is 6.17. The SMILES string of the molecule is CC(C)(O)Cn1cc(-n2cc3c(B4OC(C)(C)C(C)(C)O4)cccc3n2)cn1. The molecule has 7 nitrogen and oxygen atoms in total. The van der Waals surface area contributed by atoms with E-state index in [4.69, 9.17) is 9.31 Å². The molecule has 0 aliphatic carbocycles. The minimum Gasteiger partial charge on any atom is -0.399 e. The Balaban J connectivity index is 1.69. The maximum absolute atomic E-state index is 10.00. The lowest BCUT2D eigenvalue weighted by atomic mass is 9.77. The van der Waals surface area contributed by atoms with E-state index in [-0.39, 0.29) is 0 Å². The van der Waals surface area contributed by atoms with Crippen LogP contribution >= 0.6 is 0 Å². The molecule has 0 spiro atoms. The van der Waals surface area contributed by atoms with Crippen LogP contribution in [-0.2, 0) is 15.9 Å². The monoisotopic (exact) mass is 382 g/mol. The maximum atomic E-state index is 10.00. The number of aromatic nitrogens is 4. The number of benzene rings is 1. The van der Waals surface area contributed by atoms with Gasteiger partial charge in [-0.05, 0) is 53.1 Å². The minimum atomic E-state index is -0.831. The normalized spacial score (nSPS) is 18.9. The Morgan fingerprint density at radius 2 is 1.79 bits per heavy atom. The van der Waals surface area contributed by atoms with E-state index in [2.05, 4.69) is 10.2 Å². The third kappa shape index (κ3) is 3.36. The molecule has 1 aliphatic heterocycles. The smallest absolute Gasteiger partial charge is 0.399 e. The highest BCUT2D eigenvalue weighted by Crippen LogP contribution is 2.37. The molecule has 4 rings (SSSR count). The molecular weight excluding hydrogens is 355 g/mol. The summed E-state index contributed by atoms with van der Waals surface area (Å²) < 4.78 is 16.0. The first-order valence-corrected chi connectivity index (χ1v) is 9.54. The van der Waals surface area contributed by atoms with Crippen molar-refractivity contribution in [1.29, 1.82) is 0 Å². The number of nitrogens with zero attached hydrogens (tertiary/aromatic N) is 4. The fourth-order valence-electron chi connectivity index (χ4n) is 3.33. The topological polar surface area (TPSA) is 74.3 Å². The molecule has 8 heteroatoms. The molecule has 0 unspecified atom stereocenters. The molecule has 0 bridgehead atoms. The predicted molar refractivity (Wildman–Crippen MR) is 109 cm³/mol. The van der Waals surface area contributed by atoms with E-state index in [1.165, 1.54) is 0 Å². The molecule has 1 N–H and O–H groups in total. The maximum Gasteiger partial charge on any atom is 0.495 e. The van der Waals surface area contributed by atoms with Gasteiger partial charge in [0.1, 0.15) is 5.69 Å². The Bertz CT molecular complexity index is 1000. The standard InChI is InChI=1S/C20H27BN4O3/c1-18(2,26)13-24-11-14(10-22-24)25-12-15-16(8-7-9-17(15)23-25)21-27-19(3,4)20(5,6)28-21/h7-12,26H,13H2,1-6H3. The molecule has 0 saturated carbocycles. The lowest BCUT2D eigenvalue weighted by molar-refractivity contribution is 0.00578. The molecule has 3 heterocycles. The van der Waals surface area contributed by atoms with Crippen LogP contribution < -0.4 is 5.46 Å². The van der Waals surface area contributed by atoms with E-state index in [0.29, 0.717) is 6.54 Å². The van der Waals surface area contributed by atoms with Gasteiger partial charge >= 0.3 is 7.12 Å². The third-order valence-corrected chi connectivity index (χ3v) is 5.52. The van der Waals surface area contributed by atoms with Crippen LogP contribution in [0, 0.1) is 0 Å². The highest BCUT2D eigenvalue weighted by Gasteiger charge is 2.52. The van der Waals surface area contributed by atoms with Gasteiger partial charge in [0.15, 0.2) is 0 Å². The average molecular weight is 382 g/mol. The van der Waals surface area contributed by atoms with Crippen LogP contribution in [0.4, 0.5) is 0 Å². The van der Waals surface area contributed by atoms with Gasteiger partial charge in [0, 0.05) is 11.6 Å². The molecule has 2 aromatic heterocycles. The average Bonchev–Trinajstić information content (AvgIpc) is 3.21. The van der Waals surface area contributed by atoms with Gasteiger partial charge in [-0.15, -0.1) is 0 Å². The van der Waals surface area contributed by atoms with Crippen molar-refractivity contribution in [2.45, 2.75) is 64.9 Å². The first-order valence-electron chi connectivity index (χ1n) is 9.54. The van der Waals surface area contributed by atoms with Crippen molar-refractivity contribution in [2.24, 2.45) is 0 Å². The van der Waals surface area contributed by atoms with Crippen LogP contribution in [0.25, 0.3) is 16.6 Å². The zero-order chi connectivity index (χ0) is 20.3. The molecule has 0 radical (unpaired) electrons. The molecular formula is C20H27BN4O3. The lowest BCUT2D eigenvalue weighted by Crippen LogP contribution is -2.41. The zero-order valence-corrected chi connectivity index (χ0v) is 17.3. The van der Waals surface area contributed by atoms with Crippen molar-refractivity contribution in [3.63, 3.8) is 0 Å². The van der Waals surface area contributed by atoms with Crippen LogP contribution in [0.3, 0.4) is 0 Å². The van der Waals surface area contributed by atoms with Gasteiger partial charge < -0.3 is 14.4 Å². The van der Waals surface area contributed by atoms with Crippen LogP contribution in [0.1, 0.15) is 41.5 Å². The number of fused-ring (bicyclic) bond motifs is 1. The zero-order valence-electron chi connectivity index (χ0n) is 17.3. The number of hydrogen-bond acceptors (Lipinski definition) is 5. The molecule has 0 atom stereocenters. The molecule has 148 valence electrons. The second-order valence-corrected chi connectivity index (χ2v) is 9.15. The van der Waals surface area contributed by atoms with Crippen molar-refractivity contribution in [3.05, 3.63) is 36.8 Å². The Morgan fingerprint density at radius 1 is 1.11 bits per heavy atom. The number of hydrogen-bond donors (Lipinski definition) is 1. The summed E-state index contributed by atoms with van der Waals surface area (Å²) in [6, 6.07) is 5.97. The Morgan fingerprint density at radius 3 is 2.43 bits per heavy atom. The largest absolute Gasteiger partial charge is 0.495 e. The van der Waals surface area contributed by atoms with Crippen LogP contribution in [0.5, 0.6) is 0 Å². The fourth-order valence-corrected chi connectivity index (χ4v) is 3.33. The summed E-state index contributed by atoms with van der Waals surface area (Å²) in [6.07, 6.45) is 5.59. The minimum absolute atomic E-state index is 0.395. The van der Waals surface area contributed by atoms with Gasteiger partial charge in [0.2, 0.25) is 0 Å². The summed E-state index contributed by atoms with van der Waals surface area (Å²) >= 11 is 0. The molecule has 0 amide bonds. The van der Waals surface area contributed by atoms with E-state index >= 15 is 0 Å². The molecule has 28 heavy (non-hydrogen) atoms. The molecule has 1 aliphatic rings. The molecule has 1 fully saturated rings. The summed E-state index contributed by atoms with van der Waals surface area (Å²) in [5, 5.41) is 20.0. The quantitative estimate of drug-likeness (QED) is 0.701. The highest BCUT2D eigenvalue weighted by molar-refractivity contribution is 6.65. The second-order valence-electron chi connectivity index (χ2n) is 9.15. The predicted octanol–water partition coefficient (Wildman–Crippen LogP) is 2.29. The number of aliphatic hydroxyl groups is 1. The van der Waals surface area contributed by atoms with Gasteiger partial charge in [0.05, 0.1) is 41.3 Å². The summed E-state index contributed by atoms with van der Waals surface area (Å²) in [4.78, 5) is 0. The molecule has 1 saturated heterocycles. The summed E-state index contributed by atoms with van der Waals surface area (Å²) in [7, 11) is -0.440. The van der Waals surface area contributed by atoms with E-state index in [9.17, 15) is 5.11 Å². The van der Waals surface area contributed by atoms with E-state index in [1.54, 1.807) is 29.4 Å². The van der Waals surface area contributed by atoms with Crippen LogP contribution in [-0.4, -0.2) is 48.6 Å². The van der Waals surface area contributed by atoms with Crippen LogP contribution in [0.2, 0.25) is 0 Å². The Hall–Kier alpha value is -2.16. The van der Waals surface area contributed by atoms with E-state index in [0.717, 1.165) is 22.1 Å². The van der Waals surface area contributed by atoms with Crippen molar-refractivity contribution >= 4 is 23.5 Å². The molecule has 1 aromatic carbocycles. The van der Waals surface area contributed by atoms with Crippen LogP contribution in [0.15, 0.2) is 36.8 Å². The van der Waals surface area contributed by atoms with Crippen molar-refractivity contribution in [3.8, 4) is 5.69 Å². The van der Waals surface area contributed by atoms with Gasteiger partial charge in [0.25, 0.3) is 0 Å². The van der Waals surface area contributed by atoms with Gasteiger partial charge in [-0.3, -0.25) is 4.68 Å². The molecule has 3 aromatic rings. The first-order chi connectivity index (χ1) is 13.0.